The molecule has 0 saturated carbocycles. The van der Waals surface area contributed by atoms with Gasteiger partial charge in [0, 0.05) is 23.9 Å². The third-order valence-corrected chi connectivity index (χ3v) is 4.85. The van der Waals surface area contributed by atoms with E-state index in [4.69, 9.17) is 4.74 Å². The molecule has 1 unspecified atom stereocenters. The first-order valence-corrected chi connectivity index (χ1v) is 8.18. The van der Waals surface area contributed by atoms with Crippen molar-refractivity contribution in [2.24, 2.45) is 0 Å². The molecule has 118 valence electrons. The topological polar surface area (TPSA) is 30.5 Å². The van der Waals surface area contributed by atoms with Crippen molar-refractivity contribution >= 4 is 11.8 Å². The minimum Gasteiger partial charge on any atom is -0.493 e. The summed E-state index contributed by atoms with van der Waals surface area (Å²) in [6.07, 6.45) is 3.79. The average Bonchev–Trinajstić information content (AvgIpc) is 2.49. The molecule has 0 aliphatic carbocycles. The van der Waals surface area contributed by atoms with Crippen molar-refractivity contribution < 1.29 is 18.3 Å². The lowest BCUT2D eigenvalue weighted by Crippen LogP contribution is -2.26. The maximum absolute atomic E-state index is 12.5. The molecule has 6 heteroatoms. The Kier molecular flexibility index (Phi) is 6.57. The molecule has 1 N–H and O–H groups in total. The maximum Gasteiger partial charge on any atom is 0.387 e. The van der Waals surface area contributed by atoms with E-state index in [1.54, 1.807) is 18.2 Å². The van der Waals surface area contributed by atoms with Crippen molar-refractivity contribution in [1.29, 1.82) is 0 Å². The van der Waals surface area contributed by atoms with Crippen molar-refractivity contribution in [2.45, 2.75) is 37.7 Å². The van der Waals surface area contributed by atoms with Gasteiger partial charge in [0.1, 0.15) is 0 Å². The van der Waals surface area contributed by atoms with Crippen molar-refractivity contribution in [3.63, 3.8) is 0 Å². The van der Waals surface area contributed by atoms with E-state index in [0.29, 0.717) is 23.1 Å². The molecule has 1 aliphatic heterocycles. The van der Waals surface area contributed by atoms with Gasteiger partial charge in [-0.2, -0.15) is 20.5 Å². The van der Waals surface area contributed by atoms with E-state index >= 15 is 0 Å². The molecular formula is C15H21F2NO2S. The maximum atomic E-state index is 12.5. The second-order valence-corrected chi connectivity index (χ2v) is 6.35. The summed E-state index contributed by atoms with van der Waals surface area (Å²) in [5.74, 6) is 1.67. The van der Waals surface area contributed by atoms with Gasteiger partial charge in [-0.05, 0) is 24.7 Å². The number of benzene rings is 1. The van der Waals surface area contributed by atoms with Crippen LogP contribution in [0.15, 0.2) is 18.2 Å². The van der Waals surface area contributed by atoms with Crippen LogP contribution >= 0.6 is 11.8 Å². The van der Waals surface area contributed by atoms with Crippen molar-refractivity contribution in [3.05, 3.63) is 23.8 Å². The van der Waals surface area contributed by atoms with Gasteiger partial charge in [-0.25, -0.2) is 0 Å². The highest BCUT2D eigenvalue weighted by molar-refractivity contribution is 7.99. The van der Waals surface area contributed by atoms with Crippen molar-refractivity contribution in [1.82, 2.24) is 5.32 Å². The normalized spacial score (nSPS) is 18.8. The number of para-hydroxylation sites is 1. The number of rotatable bonds is 7. The van der Waals surface area contributed by atoms with E-state index in [2.05, 4.69) is 10.1 Å². The third kappa shape index (κ3) is 5.04. The fraction of sp³-hybridized carbons (Fsp3) is 0.600. The molecule has 1 aromatic rings. The summed E-state index contributed by atoms with van der Waals surface area (Å²) in [6.45, 7) is -1.47. The molecule has 0 spiro atoms. The highest BCUT2D eigenvalue weighted by Crippen LogP contribution is 2.32. The van der Waals surface area contributed by atoms with Gasteiger partial charge in [0.15, 0.2) is 11.5 Å². The van der Waals surface area contributed by atoms with Crippen LogP contribution in [0.4, 0.5) is 8.78 Å². The van der Waals surface area contributed by atoms with Crippen molar-refractivity contribution in [3.8, 4) is 11.5 Å². The second kappa shape index (κ2) is 8.44. The summed E-state index contributed by atoms with van der Waals surface area (Å²) in [4.78, 5) is 0. The summed E-state index contributed by atoms with van der Waals surface area (Å²) in [5, 5.41) is 3.95. The number of hydrogen-bond acceptors (Lipinski definition) is 4. The van der Waals surface area contributed by atoms with Gasteiger partial charge >= 0.3 is 6.61 Å². The molecule has 21 heavy (non-hydrogen) atoms. The van der Waals surface area contributed by atoms with Gasteiger partial charge in [0.25, 0.3) is 0 Å². The lowest BCUT2D eigenvalue weighted by atomic mass is 10.1. The van der Waals surface area contributed by atoms with Crippen LogP contribution in [0.1, 0.15) is 24.8 Å². The molecule has 1 heterocycles. The van der Waals surface area contributed by atoms with Crippen LogP contribution in [0.2, 0.25) is 0 Å². The zero-order valence-corrected chi connectivity index (χ0v) is 12.9. The Bertz CT molecular complexity index is 440. The summed E-state index contributed by atoms with van der Waals surface area (Å²) in [7, 11) is 1.45. The fourth-order valence-corrected chi connectivity index (χ4v) is 3.69. The average molecular weight is 317 g/mol. The van der Waals surface area contributed by atoms with Crippen LogP contribution in [0.25, 0.3) is 0 Å². The third-order valence-electron chi connectivity index (χ3n) is 3.45. The number of hydrogen-bond donors (Lipinski definition) is 1. The number of halogens is 2. The number of thioether (sulfide) groups is 1. The van der Waals surface area contributed by atoms with Crippen LogP contribution in [0, 0.1) is 0 Å². The first-order valence-electron chi connectivity index (χ1n) is 7.13. The Morgan fingerprint density at radius 1 is 1.38 bits per heavy atom. The van der Waals surface area contributed by atoms with Crippen LogP contribution in [0.3, 0.4) is 0 Å². The first kappa shape index (κ1) is 16.4. The smallest absolute Gasteiger partial charge is 0.387 e. The van der Waals surface area contributed by atoms with E-state index in [1.807, 2.05) is 11.8 Å². The minimum atomic E-state index is -2.85. The molecule has 1 aromatic carbocycles. The fourth-order valence-electron chi connectivity index (χ4n) is 2.42. The Balaban J connectivity index is 1.94. The predicted octanol–water partition coefficient (Wildman–Crippen LogP) is 3.67. The van der Waals surface area contributed by atoms with E-state index in [0.717, 1.165) is 6.54 Å². The zero-order valence-electron chi connectivity index (χ0n) is 12.1. The summed E-state index contributed by atoms with van der Waals surface area (Å²) < 4.78 is 34.8. The molecule has 1 aliphatic rings. The highest BCUT2D eigenvalue weighted by atomic mass is 32.2. The monoisotopic (exact) mass is 317 g/mol. The zero-order chi connectivity index (χ0) is 15.1. The molecule has 0 radical (unpaired) electrons. The van der Waals surface area contributed by atoms with Crippen LogP contribution in [-0.4, -0.2) is 31.3 Å². The standard InChI is InChI=1S/C15H21F2NO2S/c1-19-13-7-4-5-11(14(13)20-15(16)17)9-18-10-12-6-2-3-8-21-12/h4-5,7,12,15,18H,2-3,6,8-10H2,1H3. The lowest BCUT2D eigenvalue weighted by molar-refractivity contribution is -0.0518. The van der Waals surface area contributed by atoms with Crippen molar-refractivity contribution in [2.75, 3.05) is 19.4 Å². The first-order chi connectivity index (χ1) is 10.2. The molecule has 1 saturated heterocycles. The predicted molar refractivity (Wildman–Crippen MR) is 81.4 cm³/mol. The van der Waals surface area contributed by atoms with E-state index in [-0.39, 0.29) is 5.75 Å². The minimum absolute atomic E-state index is 0.124. The van der Waals surface area contributed by atoms with Crippen LogP contribution in [-0.2, 0) is 6.54 Å². The molecular weight excluding hydrogens is 296 g/mol. The molecule has 2 rings (SSSR count). The Hall–Kier alpha value is -1.01. The number of nitrogens with one attached hydrogen (secondary N) is 1. The number of alkyl halides is 2. The molecule has 0 amide bonds. The highest BCUT2D eigenvalue weighted by Gasteiger charge is 2.16. The molecule has 1 atom stereocenters. The van der Waals surface area contributed by atoms with Crippen LogP contribution in [0.5, 0.6) is 11.5 Å². The largest absolute Gasteiger partial charge is 0.493 e. The second-order valence-electron chi connectivity index (χ2n) is 4.95. The Morgan fingerprint density at radius 2 is 2.24 bits per heavy atom. The molecule has 0 aromatic heterocycles. The van der Waals surface area contributed by atoms with Gasteiger partial charge in [-0.3, -0.25) is 0 Å². The summed E-state index contributed by atoms with van der Waals surface area (Å²) >= 11 is 1.98. The molecule has 3 nitrogen and oxygen atoms in total. The molecule has 0 bridgehead atoms. The van der Waals surface area contributed by atoms with E-state index < -0.39 is 6.61 Å². The van der Waals surface area contributed by atoms with Gasteiger partial charge in [-0.1, -0.05) is 18.6 Å². The van der Waals surface area contributed by atoms with Gasteiger partial charge in [0.05, 0.1) is 7.11 Å². The quantitative estimate of drug-likeness (QED) is 0.831. The van der Waals surface area contributed by atoms with Crippen LogP contribution < -0.4 is 14.8 Å². The van der Waals surface area contributed by atoms with Gasteiger partial charge in [-0.15, -0.1) is 0 Å². The Morgan fingerprint density at radius 3 is 2.90 bits per heavy atom. The SMILES string of the molecule is COc1cccc(CNCC2CCCCS2)c1OC(F)F. The van der Waals surface area contributed by atoms with Gasteiger partial charge < -0.3 is 14.8 Å². The molecule has 1 fully saturated rings. The summed E-state index contributed by atoms with van der Waals surface area (Å²) in [5.41, 5.74) is 0.690. The number of methoxy groups -OCH3 is 1. The van der Waals surface area contributed by atoms with E-state index in [1.165, 1.54) is 32.1 Å². The summed E-state index contributed by atoms with van der Waals surface area (Å²) in [6, 6.07) is 5.18. The van der Waals surface area contributed by atoms with E-state index in [9.17, 15) is 8.78 Å². The Labute approximate surface area is 128 Å². The lowest BCUT2D eigenvalue weighted by Gasteiger charge is -2.22. The van der Waals surface area contributed by atoms with Gasteiger partial charge in [0.2, 0.25) is 0 Å². The number of ether oxygens (including phenoxy) is 2.